The van der Waals surface area contributed by atoms with Crippen molar-refractivity contribution in [2.75, 3.05) is 0 Å². The maximum Gasteiger partial charge on any atom is 0.254 e. The summed E-state index contributed by atoms with van der Waals surface area (Å²) in [6.45, 7) is 0. The van der Waals surface area contributed by atoms with Gasteiger partial charge >= 0.3 is 0 Å². The van der Waals surface area contributed by atoms with Gasteiger partial charge in [-0.25, -0.2) is 0 Å². The molecule has 5 rings (SSSR count). The van der Waals surface area contributed by atoms with Gasteiger partial charge in [-0.2, -0.15) is 15.4 Å². The first-order valence-corrected chi connectivity index (χ1v) is 9.88. The van der Waals surface area contributed by atoms with E-state index in [0.29, 0.717) is 12.3 Å². The number of hydrogen-bond donors (Lipinski definition) is 1. The molecule has 1 aromatic carbocycles. The van der Waals surface area contributed by atoms with E-state index >= 15 is 0 Å². The molecule has 1 saturated carbocycles. The SMILES string of the molecule is O=C1c2ccccc2C(Cc2ncccc2Br)N1C1CC(c2cn[nH]n2)C1. The van der Waals surface area contributed by atoms with Gasteiger partial charge in [0, 0.05) is 34.6 Å². The Balaban J connectivity index is 1.44. The van der Waals surface area contributed by atoms with Crippen LogP contribution in [0.2, 0.25) is 0 Å². The van der Waals surface area contributed by atoms with Gasteiger partial charge in [0.1, 0.15) is 0 Å². The minimum Gasteiger partial charge on any atom is -0.328 e. The van der Waals surface area contributed by atoms with Crippen molar-refractivity contribution >= 4 is 21.8 Å². The van der Waals surface area contributed by atoms with Crippen molar-refractivity contribution in [3.05, 3.63) is 75.8 Å². The summed E-state index contributed by atoms with van der Waals surface area (Å²) in [6.07, 6.45) is 6.13. The first kappa shape index (κ1) is 16.6. The fourth-order valence-corrected chi connectivity index (χ4v) is 4.67. The Kier molecular flexibility index (Phi) is 4.04. The van der Waals surface area contributed by atoms with Crippen LogP contribution in [0.15, 0.2) is 53.3 Å². The fourth-order valence-electron chi connectivity index (χ4n) is 4.26. The van der Waals surface area contributed by atoms with Crippen molar-refractivity contribution in [1.82, 2.24) is 25.3 Å². The predicted octanol–water partition coefficient (Wildman–Crippen LogP) is 3.65. The standard InChI is InChI=1S/C20H18BrN5O/c21-16-6-3-7-22-17(16)10-19-14-4-1-2-5-15(14)20(27)26(19)13-8-12(9-13)18-11-23-25-24-18/h1-7,11-13,19H,8-10H2,(H,23,24,25). The minimum atomic E-state index is 0.0168. The van der Waals surface area contributed by atoms with E-state index in [9.17, 15) is 4.79 Å². The van der Waals surface area contributed by atoms with Crippen LogP contribution in [0.1, 0.15) is 52.1 Å². The Morgan fingerprint density at radius 1 is 1.19 bits per heavy atom. The second kappa shape index (κ2) is 6.56. The number of carbonyl (C=O) groups is 1. The summed E-state index contributed by atoms with van der Waals surface area (Å²) in [5.74, 6) is 0.499. The van der Waals surface area contributed by atoms with Crippen LogP contribution in [0.4, 0.5) is 0 Å². The first-order chi connectivity index (χ1) is 13.2. The summed E-state index contributed by atoms with van der Waals surface area (Å²) in [4.78, 5) is 19.8. The average molecular weight is 424 g/mol. The van der Waals surface area contributed by atoms with E-state index in [1.807, 2.05) is 30.3 Å². The third kappa shape index (κ3) is 2.77. The smallest absolute Gasteiger partial charge is 0.254 e. The Morgan fingerprint density at radius 3 is 2.81 bits per heavy atom. The molecule has 1 unspecified atom stereocenters. The van der Waals surface area contributed by atoms with Gasteiger partial charge < -0.3 is 4.90 Å². The van der Waals surface area contributed by atoms with Gasteiger partial charge in [0.2, 0.25) is 0 Å². The molecule has 1 amide bonds. The van der Waals surface area contributed by atoms with Crippen LogP contribution in [-0.4, -0.2) is 37.2 Å². The van der Waals surface area contributed by atoms with Crippen molar-refractivity contribution in [3.63, 3.8) is 0 Å². The number of halogens is 1. The highest BCUT2D eigenvalue weighted by Gasteiger charge is 2.46. The molecule has 0 bridgehead atoms. The lowest BCUT2D eigenvalue weighted by Crippen LogP contribution is -2.46. The summed E-state index contributed by atoms with van der Waals surface area (Å²) < 4.78 is 0.982. The van der Waals surface area contributed by atoms with E-state index in [1.165, 1.54) is 0 Å². The van der Waals surface area contributed by atoms with Gasteiger partial charge in [-0.3, -0.25) is 9.78 Å². The normalized spacial score (nSPS) is 24.0. The molecule has 3 aromatic rings. The number of H-pyrrole nitrogens is 1. The number of rotatable bonds is 4. The molecule has 2 aliphatic rings. The number of carbonyl (C=O) groups excluding carboxylic acids is 1. The van der Waals surface area contributed by atoms with E-state index in [4.69, 9.17) is 0 Å². The number of aromatic nitrogens is 4. The third-order valence-corrected chi connectivity index (χ3v) is 6.42. The van der Waals surface area contributed by atoms with Crippen LogP contribution in [0.3, 0.4) is 0 Å². The highest BCUT2D eigenvalue weighted by molar-refractivity contribution is 9.10. The lowest BCUT2D eigenvalue weighted by molar-refractivity contribution is 0.0450. The van der Waals surface area contributed by atoms with Gasteiger partial charge in [0.15, 0.2) is 0 Å². The molecule has 7 heteroatoms. The number of amides is 1. The zero-order valence-corrected chi connectivity index (χ0v) is 16.1. The second-order valence-corrected chi connectivity index (χ2v) is 8.02. The molecule has 136 valence electrons. The molecule has 1 aliphatic heterocycles. The number of pyridine rings is 1. The molecular weight excluding hydrogens is 406 g/mol. The van der Waals surface area contributed by atoms with E-state index in [2.05, 4.69) is 47.3 Å². The molecule has 1 fully saturated rings. The average Bonchev–Trinajstić information content (AvgIpc) is 3.26. The molecule has 1 N–H and O–H groups in total. The van der Waals surface area contributed by atoms with Gasteiger partial charge in [-0.1, -0.05) is 18.2 Å². The minimum absolute atomic E-state index is 0.0168. The van der Waals surface area contributed by atoms with Crippen LogP contribution in [0.25, 0.3) is 0 Å². The highest BCUT2D eigenvalue weighted by Crippen LogP contribution is 2.46. The van der Waals surface area contributed by atoms with Crippen molar-refractivity contribution in [2.45, 2.75) is 37.3 Å². The Hall–Kier alpha value is -2.54. The summed E-state index contributed by atoms with van der Waals surface area (Å²) in [5.41, 5.74) is 3.88. The molecule has 0 saturated heterocycles. The molecule has 3 heterocycles. The Bertz CT molecular complexity index is 984. The number of aromatic amines is 1. The summed E-state index contributed by atoms with van der Waals surface area (Å²) in [5, 5.41) is 10.8. The quantitative estimate of drug-likeness (QED) is 0.694. The van der Waals surface area contributed by atoms with Crippen LogP contribution in [-0.2, 0) is 6.42 Å². The summed E-state index contributed by atoms with van der Waals surface area (Å²) >= 11 is 3.60. The second-order valence-electron chi connectivity index (χ2n) is 7.17. The summed E-state index contributed by atoms with van der Waals surface area (Å²) in [6, 6.07) is 12.1. The van der Waals surface area contributed by atoms with Crippen molar-refractivity contribution in [2.24, 2.45) is 0 Å². The maximum atomic E-state index is 13.2. The molecule has 1 aliphatic carbocycles. The van der Waals surface area contributed by atoms with Crippen molar-refractivity contribution < 1.29 is 4.79 Å². The molecule has 1 atom stereocenters. The lowest BCUT2D eigenvalue weighted by Gasteiger charge is -2.43. The van der Waals surface area contributed by atoms with E-state index in [0.717, 1.165) is 39.8 Å². The van der Waals surface area contributed by atoms with Crippen LogP contribution in [0.5, 0.6) is 0 Å². The Labute approximate surface area is 165 Å². The van der Waals surface area contributed by atoms with Crippen LogP contribution >= 0.6 is 15.9 Å². The topological polar surface area (TPSA) is 74.8 Å². The molecule has 27 heavy (non-hydrogen) atoms. The zero-order valence-electron chi connectivity index (χ0n) is 14.5. The van der Waals surface area contributed by atoms with Crippen molar-refractivity contribution in [3.8, 4) is 0 Å². The van der Waals surface area contributed by atoms with E-state index in [-0.39, 0.29) is 18.0 Å². The molecular formula is C20H18BrN5O. The molecule has 0 spiro atoms. The van der Waals surface area contributed by atoms with Gasteiger partial charge in [0.25, 0.3) is 5.91 Å². The third-order valence-electron chi connectivity index (χ3n) is 5.70. The number of benzene rings is 1. The summed E-state index contributed by atoms with van der Waals surface area (Å²) in [7, 11) is 0. The zero-order chi connectivity index (χ0) is 18.4. The van der Waals surface area contributed by atoms with Gasteiger partial charge in [-0.05, 0) is 52.5 Å². The predicted molar refractivity (Wildman–Crippen MR) is 103 cm³/mol. The van der Waals surface area contributed by atoms with Gasteiger partial charge in [0.05, 0.1) is 23.6 Å². The largest absolute Gasteiger partial charge is 0.328 e. The molecule has 0 radical (unpaired) electrons. The van der Waals surface area contributed by atoms with Gasteiger partial charge in [-0.15, -0.1) is 0 Å². The fraction of sp³-hybridized carbons (Fsp3) is 0.300. The number of fused-ring (bicyclic) bond motifs is 1. The van der Waals surface area contributed by atoms with Crippen LogP contribution in [0, 0.1) is 0 Å². The molecule has 2 aromatic heterocycles. The Morgan fingerprint density at radius 2 is 2.04 bits per heavy atom. The van der Waals surface area contributed by atoms with Crippen molar-refractivity contribution in [1.29, 1.82) is 0 Å². The molecule has 6 nitrogen and oxygen atoms in total. The number of hydrogen-bond acceptors (Lipinski definition) is 4. The highest BCUT2D eigenvalue weighted by atomic mass is 79.9. The van der Waals surface area contributed by atoms with Crippen LogP contribution < -0.4 is 0 Å². The van der Waals surface area contributed by atoms with E-state index < -0.39 is 0 Å². The lowest BCUT2D eigenvalue weighted by atomic mass is 9.77. The first-order valence-electron chi connectivity index (χ1n) is 9.09. The van der Waals surface area contributed by atoms with E-state index in [1.54, 1.807) is 12.4 Å². The number of nitrogens with one attached hydrogen (secondary N) is 1. The monoisotopic (exact) mass is 423 g/mol. The maximum absolute atomic E-state index is 13.2. The number of nitrogens with zero attached hydrogens (tertiary/aromatic N) is 4.